The van der Waals surface area contributed by atoms with E-state index in [2.05, 4.69) is 49.3 Å². The molecular weight excluding hydrogens is 500 g/mol. The number of ether oxygens (including phenoxy) is 1. The molecule has 8 nitrogen and oxygen atoms in total. The highest BCUT2D eigenvalue weighted by molar-refractivity contribution is 6.30. The number of carbonyl (C=O) groups is 1. The summed E-state index contributed by atoms with van der Waals surface area (Å²) in [4.78, 5) is 29.1. The van der Waals surface area contributed by atoms with Crippen LogP contribution in [0.3, 0.4) is 0 Å². The van der Waals surface area contributed by atoms with Crippen LogP contribution in [0.2, 0.25) is 5.15 Å². The Hall–Kier alpha value is -2.58. The number of aromatic nitrogens is 2. The van der Waals surface area contributed by atoms with Crippen molar-refractivity contribution in [1.82, 2.24) is 20.2 Å². The molecule has 0 saturated carbocycles. The number of nitrogens with zero attached hydrogens (tertiary/aromatic N) is 5. The smallest absolute Gasteiger partial charge is 0.407 e. The molecular formula is C29H41ClN6O2. The van der Waals surface area contributed by atoms with E-state index in [1.807, 2.05) is 20.8 Å². The van der Waals surface area contributed by atoms with Gasteiger partial charge in [0.2, 0.25) is 0 Å². The van der Waals surface area contributed by atoms with Crippen LogP contribution in [0.5, 0.6) is 0 Å². The number of carbonyl (C=O) groups excluding carboxylic acids is 1. The molecule has 2 aromatic rings. The lowest BCUT2D eigenvalue weighted by atomic mass is 10.0. The second-order valence-electron chi connectivity index (χ2n) is 11.8. The normalized spacial score (nSPS) is 20.1. The molecule has 5 rings (SSSR count). The van der Waals surface area contributed by atoms with E-state index in [0.29, 0.717) is 11.0 Å². The molecule has 0 aliphatic carbocycles. The Morgan fingerprint density at radius 1 is 1.05 bits per heavy atom. The number of benzene rings is 1. The van der Waals surface area contributed by atoms with Crippen LogP contribution in [0, 0.1) is 0 Å². The highest BCUT2D eigenvalue weighted by Crippen LogP contribution is 2.34. The molecule has 2 saturated heterocycles. The maximum absolute atomic E-state index is 12.2. The molecule has 1 N–H and O–H groups in total. The number of likely N-dealkylation sites (tertiary alicyclic amines) is 1. The van der Waals surface area contributed by atoms with Crippen molar-refractivity contribution in [2.75, 3.05) is 55.6 Å². The maximum Gasteiger partial charge on any atom is 0.407 e. The lowest BCUT2D eigenvalue weighted by Crippen LogP contribution is -2.49. The number of anilines is 2. The lowest BCUT2D eigenvalue weighted by Gasteiger charge is -2.35. The number of rotatable bonds is 7. The molecule has 3 aliphatic rings. The average molecular weight is 541 g/mol. The van der Waals surface area contributed by atoms with Crippen LogP contribution in [-0.2, 0) is 11.2 Å². The van der Waals surface area contributed by atoms with E-state index in [4.69, 9.17) is 21.3 Å². The summed E-state index contributed by atoms with van der Waals surface area (Å²) in [6, 6.07) is 8.44. The van der Waals surface area contributed by atoms with Crippen molar-refractivity contribution >= 4 is 29.2 Å². The van der Waals surface area contributed by atoms with Gasteiger partial charge in [-0.15, -0.1) is 0 Å². The molecule has 38 heavy (non-hydrogen) atoms. The van der Waals surface area contributed by atoms with Crippen LogP contribution in [-0.4, -0.2) is 78.4 Å². The summed E-state index contributed by atoms with van der Waals surface area (Å²) in [5, 5.41) is 3.60. The van der Waals surface area contributed by atoms with E-state index < -0.39 is 5.60 Å². The number of piperidine rings is 1. The molecule has 1 aromatic carbocycles. The van der Waals surface area contributed by atoms with E-state index in [-0.39, 0.29) is 12.1 Å². The summed E-state index contributed by atoms with van der Waals surface area (Å²) in [6.07, 6.45) is 6.33. The fourth-order valence-corrected chi connectivity index (χ4v) is 6.00. The minimum absolute atomic E-state index is 0.0635. The predicted molar refractivity (Wildman–Crippen MR) is 153 cm³/mol. The van der Waals surface area contributed by atoms with Crippen LogP contribution in [0.4, 0.5) is 16.3 Å². The topological polar surface area (TPSA) is 73.8 Å². The quantitative estimate of drug-likeness (QED) is 0.487. The molecule has 0 spiro atoms. The molecule has 0 bridgehead atoms. The minimum atomic E-state index is -0.499. The first-order valence-corrected chi connectivity index (χ1v) is 14.5. The van der Waals surface area contributed by atoms with Gasteiger partial charge < -0.3 is 24.8 Å². The van der Waals surface area contributed by atoms with Crippen LogP contribution in [0.15, 0.2) is 24.3 Å². The van der Waals surface area contributed by atoms with E-state index in [0.717, 1.165) is 81.0 Å². The van der Waals surface area contributed by atoms with Gasteiger partial charge in [0, 0.05) is 49.0 Å². The van der Waals surface area contributed by atoms with Gasteiger partial charge in [0.25, 0.3) is 0 Å². The van der Waals surface area contributed by atoms with Gasteiger partial charge in [-0.3, -0.25) is 0 Å². The fraction of sp³-hybridized carbons (Fsp3) is 0.621. The molecule has 9 heteroatoms. The van der Waals surface area contributed by atoms with Crippen molar-refractivity contribution in [3.05, 3.63) is 35.0 Å². The molecule has 2 fully saturated rings. The van der Waals surface area contributed by atoms with Gasteiger partial charge in [0.05, 0.1) is 0 Å². The van der Waals surface area contributed by atoms with Crippen LogP contribution < -0.4 is 15.1 Å². The van der Waals surface area contributed by atoms with Gasteiger partial charge in [0.1, 0.15) is 16.6 Å². The summed E-state index contributed by atoms with van der Waals surface area (Å²) in [7, 11) is 0. The number of hydrogen-bond acceptors (Lipinski definition) is 7. The third-order valence-corrected chi connectivity index (χ3v) is 7.91. The second-order valence-corrected chi connectivity index (χ2v) is 12.1. The molecule has 206 valence electrons. The van der Waals surface area contributed by atoms with Gasteiger partial charge in [-0.1, -0.05) is 11.6 Å². The Bertz CT molecular complexity index is 1110. The number of alkyl carbamates (subject to hydrolysis) is 1. The van der Waals surface area contributed by atoms with Crippen LogP contribution in [0.25, 0.3) is 11.4 Å². The van der Waals surface area contributed by atoms with E-state index in [1.165, 1.54) is 25.9 Å². The zero-order chi connectivity index (χ0) is 26.7. The SMILES string of the molecule is CC(C)(C)OC(=O)N[C@H]1CCCN(c2ccc(-c3nc(Cl)c4c(n3)N(CCCN3CCCC3)CC4)cc2)C1. The first kappa shape index (κ1) is 27.0. The van der Waals surface area contributed by atoms with Gasteiger partial charge in [0.15, 0.2) is 5.82 Å². The van der Waals surface area contributed by atoms with Gasteiger partial charge in [-0.05, 0) is 103 Å². The Balaban J connectivity index is 1.22. The minimum Gasteiger partial charge on any atom is -0.444 e. The first-order valence-electron chi connectivity index (χ1n) is 14.1. The summed E-state index contributed by atoms with van der Waals surface area (Å²) in [5.41, 5.74) is 2.66. The van der Waals surface area contributed by atoms with E-state index in [9.17, 15) is 4.79 Å². The zero-order valence-electron chi connectivity index (χ0n) is 23.0. The van der Waals surface area contributed by atoms with E-state index >= 15 is 0 Å². The van der Waals surface area contributed by atoms with Crippen molar-refractivity contribution in [2.45, 2.75) is 70.9 Å². The summed E-state index contributed by atoms with van der Waals surface area (Å²) < 4.78 is 5.44. The maximum atomic E-state index is 12.2. The molecule has 4 heterocycles. The third kappa shape index (κ3) is 6.70. The molecule has 1 amide bonds. The van der Waals surface area contributed by atoms with Crippen LogP contribution >= 0.6 is 11.6 Å². The highest BCUT2D eigenvalue weighted by atomic mass is 35.5. The Kier molecular flexibility index (Phi) is 8.29. The summed E-state index contributed by atoms with van der Waals surface area (Å²) >= 11 is 6.64. The van der Waals surface area contributed by atoms with Crippen molar-refractivity contribution < 1.29 is 9.53 Å². The standard InChI is InChI=1S/C29H41ClN6O2/c1-29(2,3)38-28(37)31-22-8-6-17-36(20-22)23-11-9-21(10-12-23)26-32-25(30)24-13-19-35(27(24)33-26)18-7-16-34-14-4-5-15-34/h9-12,22H,4-8,13-20H2,1-3H3,(H,31,37)/t22-/m0/s1. The van der Waals surface area contributed by atoms with Crippen molar-refractivity contribution in [2.24, 2.45) is 0 Å². The number of amides is 1. The Labute approximate surface area is 231 Å². The molecule has 0 radical (unpaired) electrons. The monoisotopic (exact) mass is 540 g/mol. The zero-order valence-corrected chi connectivity index (χ0v) is 23.8. The number of halogens is 1. The lowest BCUT2D eigenvalue weighted by molar-refractivity contribution is 0.0500. The fourth-order valence-electron chi connectivity index (χ4n) is 5.74. The number of nitrogens with one attached hydrogen (secondary N) is 1. The number of fused-ring (bicyclic) bond motifs is 1. The van der Waals surface area contributed by atoms with Gasteiger partial charge >= 0.3 is 6.09 Å². The average Bonchev–Trinajstić information content (AvgIpc) is 3.54. The Morgan fingerprint density at radius 2 is 1.82 bits per heavy atom. The first-order chi connectivity index (χ1) is 18.2. The predicted octanol–water partition coefficient (Wildman–Crippen LogP) is 5.14. The van der Waals surface area contributed by atoms with E-state index in [1.54, 1.807) is 0 Å². The Morgan fingerprint density at radius 3 is 2.55 bits per heavy atom. The van der Waals surface area contributed by atoms with Gasteiger partial charge in [-0.25, -0.2) is 14.8 Å². The van der Waals surface area contributed by atoms with Crippen molar-refractivity contribution in [3.63, 3.8) is 0 Å². The number of hydrogen-bond donors (Lipinski definition) is 1. The van der Waals surface area contributed by atoms with Gasteiger partial charge in [-0.2, -0.15) is 0 Å². The van der Waals surface area contributed by atoms with Crippen molar-refractivity contribution in [3.8, 4) is 11.4 Å². The summed E-state index contributed by atoms with van der Waals surface area (Å²) in [5.74, 6) is 1.67. The molecule has 1 aromatic heterocycles. The molecule has 0 unspecified atom stereocenters. The van der Waals surface area contributed by atoms with Crippen molar-refractivity contribution in [1.29, 1.82) is 0 Å². The summed E-state index contributed by atoms with van der Waals surface area (Å²) in [6.45, 7) is 13.0. The molecule has 3 aliphatic heterocycles. The third-order valence-electron chi connectivity index (χ3n) is 7.60. The molecule has 1 atom stereocenters. The second kappa shape index (κ2) is 11.7. The highest BCUT2D eigenvalue weighted by Gasteiger charge is 2.27. The largest absolute Gasteiger partial charge is 0.444 e. The van der Waals surface area contributed by atoms with Crippen LogP contribution in [0.1, 0.15) is 58.4 Å².